The molecule has 1 amide bonds. The maximum Gasteiger partial charge on any atom is 0.284 e. The molecule has 0 saturated carbocycles. The average Bonchev–Trinajstić information content (AvgIpc) is 2.12. The van der Waals surface area contributed by atoms with Gasteiger partial charge in [0, 0.05) is 6.20 Å². The molecule has 0 saturated heterocycles. The third kappa shape index (κ3) is 1.45. The van der Waals surface area contributed by atoms with Crippen LogP contribution in [0.2, 0.25) is 0 Å². The molecule has 2 N–H and O–H groups in total. The first kappa shape index (κ1) is 6.54. The van der Waals surface area contributed by atoms with Gasteiger partial charge in [-0.15, -0.1) is 0 Å². The molecule has 0 spiro atoms. The first-order chi connectivity index (χ1) is 4.80. The van der Waals surface area contributed by atoms with Crippen LogP contribution in [0.4, 0.5) is 0 Å². The van der Waals surface area contributed by atoms with E-state index in [0.717, 1.165) is 6.40 Å². The quantitative estimate of drug-likeness (QED) is 0.551. The van der Waals surface area contributed by atoms with Crippen molar-refractivity contribution in [2.75, 3.05) is 0 Å². The molecular weight excluding hydrogens is 132 g/mol. The predicted molar refractivity (Wildman–Crippen MR) is 36.0 cm³/mol. The SMILES string of the molecule is NC(=O)C1=CC=CN=CO1. The summed E-state index contributed by atoms with van der Waals surface area (Å²) in [5.74, 6) is -0.504. The van der Waals surface area contributed by atoms with Gasteiger partial charge in [-0.05, 0) is 12.2 Å². The van der Waals surface area contributed by atoms with Crippen molar-refractivity contribution in [2.24, 2.45) is 10.7 Å². The van der Waals surface area contributed by atoms with E-state index in [1.165, 1.54) is 12.3 Å². The Kier molecular flexibility index (Phi) is 1.84. The van der Waals surface area contributed by atoms with Crippen molar-refractivity contribution in [3.05, 3.63) is 24.1 Å². The number of aliphatic imine (C=N–C) groups is 1. The van der Waals surface area contributed by atoms with Crippen LogP contribution >= 0.6 is 0 Å². The van der Waals surface area contributed by atoms with Crippen molar-refractivity contribution < 1.29 is 9.53 Å². The summed E-state index contributed by atoms with van der Waals surface area (Å²) < 4.78 is 4.70. The number of nitrogens with zero attached hydrogens (tertiary/aromatic N) is 1. The van der Waals surface area contributed by atoms with Crippen LogP contribution < -0.4 is 5.73 Å². The van der Waals surface area contributed by atoms with Gasteiger partial charge < -0.3 is 10.5 Å². The van der Waals surface area contributed by atoms with Crippen molar-refractivity contribution in [1.82, 2.24) is 0 Å². The molecule has 0 aliphatic carbocycles. The molecule has 52 valence electrons. The Morgan fingerprint density at radius 2 is 2.50 bits per heavy atom. The zero-order valence-electron chi connectivity index (χ0n) is 5.15. The molecule has 4 heteroatoms. The van der Waals surface area contributed by atoms with Gasteiger partial charge in [0.1, 0.15) is 0 Å². The van der Waals surface area contributed by atoms with Crippen LogP contribution in [0.1, 0.15) is 0 Å². The highest BCUT2D eigenvalue weighted by atomic mass is 16.5. The van der Waals surface area contributed by atoms with Gasteiger partial charge in [-0.2, -0.15) is 0 Å². The fraction of sp³-hybridized carbons (Fsp3) is 0. The minimum atomic E-state index is -0.599. The molecule has 4 nitrogen and oxygen atoms in total. The Hall–Kier alpha value is -1.58. The van der Waals surface area contributed by atoms with E-state index in [2.05, 4.69) is 4.99 Å². The maximum absolute atomic E-state index is 10.4. The van der Waals surface area contributed by atoms with Crippen molar-refractivity contribution in [2.45, 2.75) is 0 Å². The lowest BCUT2D eigenvalue weighted by Crippen LogP contribution is -2.15. The molecule has 1 heterocycles. The molecule has 0 aromatic carbocycles. The van der Waals surface area contributed by atoms with Gasteiger partial charge in [0.2, 0.25) is 0 Å². The van der Waals surface area contributed by atoms with Crippen molar-refractivity contribution in [1.29, 1.82) is 0 Å². The highest BCUT2D eigenvalue weighted by molar-refractivity contribution is 5.91. The molecule has 0 radical (unpaired) electrons. The number of hydrogen-bond donors (Lipinski definition) is 1. The highest BCUT2D eigenvalue weighted by Gasteiger charge is 2.03. The molecule has 1 aliphatic rings. The van der Waals surface area contributed by atoms with Gasteiger partial charge in [0.15, 0.2) is 12.2 Å². The van der Waals surface area contributed by atoms with E-state index in [0.29, 0.717) is 0 Å². The fourth-order valence-corrected chi connectivity index (χ4v) is 0.482. The van der Waals surface area contributed by atoms with Crippen LogP contribution in [0, 0.1) is 0 Å². The second kappa shape index (κ2) is 2.82. The minimum absolute atomic E-state index is 0.0949. The fourth-order valence-electron chi connectivity index (χ4n) is 0.482. The lowest BCUT2D eigenvalue weighted by molar-refractivity contribution is -0.116. The van der Waals surface area contributed by atoms with E-state index < -0.39 is 5.91 Å². The Morgan fingerprint density at radius 1 is 1.70 bits per heavy atom. The van der Waals surface area contributed by atoms with E-state index in [9.17, 15) is 4.79 Å². The molecule has 1 rings (SSSR count). The maximum atomic E-state index is 10.4. The topological polar surface area (TPSA) is 64.7 Å². The summed E-state index contributed by atoms with van der Waals surface area (Å²) in [6, 6.07) is 0. The van der Waals surface area contributed by atoms with Crippen LogP contribution in [0.15, 0.2) is 29.1 Å². The van der Waals surface area contributed by atoms with Gasteiger partial charge in [0.25, 0.3) is 5.91 Å². The predicted octanol–water partition coefficient (Wildman–Crippen LogP) is -0.0722. The standard InChI is InChI=1S/C6H6N2O2/c7-6(9)5-2-1-3-8-4-10-5/h1-4H,(H2,7,9). The molecule has 0 atom stereocenters. The number of carbonyl (C=O) groups is 1. The minimum Gasteiger partial charge on any atom is -0.440 e. The van der Waals surface area contributed by atoms with Crippen molar-refractivity contribution in [3.63, 3.8) is 0 Å². The lowest BCUT2D eigenvalue weighted by Gasteiger charge is -1.95. The number of primary amides is 1. The van der Waals surface area contributed by atoms with Gasteiger partial charge in [-0.1, -0.05) is 0 Å². The van der Waals surface area contributed by atoms with E-state index in [1.807, 2.05) is 0 Å². The normalized spacial score (nSPS) is 15.4. The molecule has 0 aromatic heterocycles. The average molecular weight is 138 g/mol. The van der Waals surface area contributed by atoms with E-state index >= 15 is 0 Å². The van der Waals surface area contributed by atoms with Gasteiger partial charge in [-0.25, -0.2) is 4.99 Å². The molecule has 0 unspecified atom stereocenters. The summed E-state index contributed by atoms with van der Waals surface area (Å²) in [4.78, 5) is 14.1. The monoisotopic (exact) mass is 138 g/mol. The third-order valence-electron chi connectivity index (χ3n) is 0.903. The molecule has 10 heavy (non-hydrogen) atoms. The van der Waals surface area contributed by atoms with Crippen LogP contribution in [-0.4, -0.2) is 12.3 Å². The summed E-state index contributed by atoms with van der Waals surface area (Å²) in [5, 5.41) is 0. The van der Waals surface area contributed by atoms with Gasteiger partial charge in [-0.3, -0.25) is 4.79 Å². The summed E-state index contributed by atoms with van der Waals surface area (Å²) in [6.45, 7) is 0. The number of carbonyl (C=O) groups excluding carboxylic acids is 1. The lowest BCUT2D eigenvalue weighted by atomic mass is 10.4. The van der Waals surface area contributed by atoms with E-state index in [1.54, 1.807) is 6.08 Å². The molecule has 0 bridgehead atoms. The number of allylic oxidation sites excluding steroid dienone is 2. The van der Waals surface area contributed by atoms with Crippen LogP contribution in [0.25, 0.3) is 0 Å². The number of amides is 1. The second-order valence-corrected chi connectivity index (χ2v) is 1.61. The zero-order valence-corrected chi connectivity index (χ0v) is 5.15. The number of hydrogen-bond acceptors (Lipinski definition) is 3. The zero-order chi connectivity index (χ0) is 7.40. The number of rotatable bonds is 1. The van der Waals surface area contributed by atoms with Crippen LogP contribution in [0.3, 0.4) is 0 Å². The molecule has 0 fully saturated rings. The summed E-state index contributed by atoms with van der Waals surface area (Å²) >= 11 is 0. The van der Waals surface area contributed by atoms with E-state index in [-0.39, 0.29) is 5.76 Å². The van der Waals surface area contributed by atoms with Gasteiger partial charge in [0.05, 0.1) is 0 Å². The number of ether oxygens (including phenoxy) is 1. The first-order valence-electron chi connectivity index (χ1n) is 2.65. The highest BCUT2D eigenvalue weighted by Crippen LogP contribution is 1.97. The summed E-state index contributed by atoms with van der Waals surface area (Å²) in [6.07, 6.45) is 5.68. The molecular formula is C6H6N2O2. The van der Waals surface area contributed by atoms with Crippen molar-refractivity contribution >= 4 is 12.3 Å². The summed E-state index contributed by atoms with van der Waals surface area (Å²) in [5.41, 5.74) is 4.91. The Bertz CT molecular complexity index is 228. The van der Waals surface area contributed by atoms with E-state index in [4.69, 9.17) is 10.5 Å². The largest absolute Gasteiger partial charge is 0.440 e. The second-order valence-electron chi connectivity index (χ2n) is 1.61. The van der Waals surface area contributed by atoms with Crippen LogP contribution in [0.5, 0.6) is 0 Å². The molecule has 1 aliphatic heterocycles. The Balaban J connectivity index is 2.78. The first-order valence-corrected chi connectivity index (χ1v) is 2.65. The van der Waals surface area contributed by atoms with Crippen LogP contribution in [-0.2, 0) is 9.53 Å². The molecule has 0 aromatic rings. The third-order valence-corrected chi connectivity index (χ3v) is 0.903. The van der Waals surface area contributed by atoms with Gasteiger partial charge >= 0.3 is 0 Å². The Labute approximate surface area is 57.7 Å². The smallest absolute Gasteiger partial charge is 0.284 e. The number of nitrogens with two attached hydrogens (primary N) is 1. The summed E-state index contributed by atoms with van der Waals surface area (Å²) in [7, 11) is 0. The Morgan fingerprint density at radius 3 is 3.20 bits per heavy atom. The van der Waals surface area contributed by atoms with Crippen molar-refractivity contribution in [3.8, 4) is 0 Å².